The Morgan fingerprint density at radius 2 is 2.18 bits per heavy atom. The molecule has 1 aromatic rings. The van der Waals surface area contributed by atoms with E-state index in [1.54, 1.807) is 18.7 Å². The summed E-state index contributed by atoms with van der Waals surface area (Å²) in [4.78, 5) is 3.57. The standard InChI is InChI=1S/C14H16F4N2S2/c1-8-5-9(16)10(20-14-19-3-2-4-21-14)6-11(8)22-12(7-15)13(17)18/h5-6,12-13H,2-4,7H2,1H3,(H,19,20)/p+1. The van der Waals surface area contributed by atoms with Crippen molar-refractivity contribution in [1.29, 1.82) is 0 Å². The molecule has 0 fully saturated rings. The molecule has 2 rings (SSSR count). The van der Waals surface area contributed by atoms with Crippen LogP contribution in [0.5, 0.6) is 0 Å². The molecule has 1 aliphatic rings. The third-order valence-corrected chi connectivity index (χ3v) is 5.43. The Hall–Kier alpha value is -0.890. The molecule has 0 aromatic heterocycles. The number of benzene rings is 1. The van der Waals surface area contributed by atoms with Gasteiger partial charge in [0.1, 0.15) is 6.67 Å². The predicted molar refractivity (Wildman–Crippen MR) is 84.3 cm³/mol. The Labute approximate surface area is 135 Å². The minimum Gasteiger partial charge on any atom is -0.269 e. The average molecular weight is 353 g/mol. The van der Waals surface area contributed by atoms with Gasteiger partial charge in [0.15, 0.2) is 11.5 Å². The monoisotopic (exact) mass is 353 g/mol. The molecule has 1 atom stereocenters. The average Bonchev–Trinajstić information content (AvgIpc) is 2.49. The van der Waals surface area contributed by atoms with Crippen LogP contribution in [-0.4, -0.2) is 35.8 Å². The van der Waals surface area contributed by atoms with E-state index in [1.165, 1.54) is 12.1 Å². The number of thioether (sulfide) groups is 2. The lowest BCUT2D eigenvalue weighted by molar-refractivity contribution is -0.454. The van der Waals surface area contributed by atoms with Crippen molar-refractivity contribution in [3.8, 4) is 0 Å². The number of halogens is 4. The number of hydrogen-bond donors (Lipinski definition) is 2. The van der Waals surface area contributed by atoms with Gasteiger partial charge in [0.25, 0.3) is 6.43 Å². The molecule has 0 radical (unpaired) electrons. The van der Waals surface area contributed by atoms with E-state index in [2.05, 4.69) is 10.3 Å². The summed E-state index contributed by atoms with van der Waals surface area (Å²) in [7, 11) is 0. The van der Waals surface area contributed by atoms with Crippen LogP contribution in [0.1, 0.15) is 12.0 Å². The number of hydrogen-bond acceptors (Lipinski definition) is 3. The summed E-state index contributed by atoms with van der Waals surface area (Å²) in [6.07, 6.45) is -1.74. The number of anilines is 1. The highest BCUT2D eigenvalue weighted by Gasteiger charge is 2.24. The van der Waals surface area contributed by atoms with Crippen LogP contribution >= 0.6 is 23.5 Å². The first kappa shape index (κ1) is 17.5. The summed E-state index contributed by atoms with van der Waals surface area (Å²) >= 11 is 2.28. The Bertz CT molecular complexity index is 552. The lowest BCUT2D eigenvalue weighted by Crippen LogP contribution is -2.75. The molecule has 2 nitrogen and oxygen atoms in total. The van der Waals surface area contributed by atoms with Crippen molar-refractivity contribution < 1.29 is 22.6 Å². The third-order valence-electron chi connectivity index (χ3n) is 3.08. The van der Waals surface area contributed by atoms with Gasteiger partial charge in [-0.2, -0.15) is 0 Å². The second kappa shape index (κ2) is 8.10. The van der Waals surface area contributed by atoms with E-state index >= 15 is 0 Å². The molecule has 22 heavy (non-hydrogen) atoms. The molecule has 0 spiro atoms. The number of rotatable bonds is 5. The number of alkyl halides is 3. The first-order valence-electron chi connectivity index (χ1n) is 6.83. The first-order valence-corrected chi connectivity index (χ1v) is 8.69. The molecule has 122 valence electrons. The van der Waals surface area contributed by atoms with E-state index < -0.39 is 24.2 Å². The SMILES string of the molecule is Cc1cc(F)c(NC2=[NH+]CCCS2)cc1SC(CF)C(F)F. The Morgan fingerprint density at radius 3 is 2.77 bits per heavy atom. The van der Waals surface area contributed by atoms with Gasteiger partial charge in [-0.1, -0.05) is 0 Å². The van der Waals surface area contributed by atoms with Gasteiger partial charge in [0, 0.05) is 16.7 Å². The van der Waals surface area contributed by atoms with Crippen molar-refractivity contribution in [3.05, 3.63) is 23.5 Å². The van der Waals surface area contributed by atoms with Gasteiger partial charge >= 0.3 is 5.17 Å². The van der Waals surface area contributed by atoms with Gasteiger partial charge < -0.3 is 0 Å². The van der Waals surface area contributed by atoms with Crippen LogP contribution in [0, 0.1) is 12.7 Å². The minimum atomic E-state index is -2.76. The fraction of sp³-hybridized carbons (Fsp3) is 0.500. The molecular formula is C14H17F4N2S2+. The number of nitrogens with one attached hydrogen (secondary N) is 2. The second-order valence-electron chi connectivity index (χ2n) is 4.83. The van der Waals surface area contributed by atoms with Crippen molar-refractivity contribution >= 4 is 34.4 Å². The maximum Gasteiger partial charge on any atom is 0.309 e. The molecule has 0 saturated heterocycles. The van der Waals surface area contributed by atoms with Crippen LogP contribution in [-0.2, 0) is 0 Å². The third kappa shape index (κ3) is 4.55. The summed E-state index contributed by atoms with van der Waals surface area (Å²) in [5, 5.41) is 2.23. The second-order valence-corrected chi connectivity index (χ2v) is 7.21. The smallest absolute Gasteiger partial charge is 0.269 e. The van der Waals surface area contributed by atoms with Crippen LogP contribution in [0.4, 0.5) is 23.2 Å². The van der Waals surface area contributed by atoms with Crippen molar-refractivity contribution in [2.45, 2.75) is 29.9 Å². The quantitative estimate of drug-likeness (QED) is 0.629. The molecule has 1 aromatic carbocycles. The molecule has 1 aliphatic heterocycles. The van der Waals surface area contributed by atoms with Gasteiger partial charge in [0.05, 0.1) is 11.8 Å². The van der Waals surface area contributed by atoms with Crippen LogP contribution in [0.15, 0.2) is 17.0 Å². The van der Waals surface area contributed by atoms with E-state index in [-0.39, 0.29) is 5.69 Å². The summed E-state index contributed by atoms with van der Waals surface area (Å²) in [5.41, 5.74) is 0.721. The maximum atomic E-state index is 14.0. The highest BCUT2D eigenvalue weighted by molar-refractivity contribution is 8.13. The summed E-state index contributed by atoms with van der Waals surface area (Å²) in [5.74, 6) is 0.468. The van der Waals surface area contributed by atoms with E-state index in [4.69, 9.17) is 0 Å². The lowest BCUT2D eigenvalue weighted by atomic mass is 10.2. The predicted octanol–water partition coefficient (Wildman–Crippen LogP) is 2.81. The summed E-state index contributed by atoms with van der Waals surface area (Å²) < 4.78 is 52.1. The Balaban J connectivity index is 2.20. The van der Waals surface area contributed by atoms with E-state index in [9.17, 15) is 17.6 Å². The molecule has 1 heterocycles. The van der Waals surface area contributed by atoms with Gasteiger partial charge in [0.2, 0.25) is 0 Å². The molecule has 0 amide bonds. The molecule has 1 unspecified atom stereocenters. The van der Waals surface area contributed by atoms with Crippen molar-refractivity contribution in [3.63, 3.8) is 0 Å². The Kier molecular flexibility index (Phi) is 6.43. The zero-order chi connectivity index (χ0) is 16.1. The first-order chi connectivity index (χ1) is 10.5. The zero-order valence-electron chi connectivity index (χ0n) is 12.0. The fourth-order valence-corrected chi connectivity index (χ4v) is 3.69. The summed E-state index contributed by atoms with van der Waals surface area (Å²) in [6, 6.07) is 2.74. The van der Waals surface area contributed by atoms with E-state index in [0.717, 1.165) is 35.6 Å². The van der Waals surface area contributed by atoms with Crippen molar-refractivity contribution in [2.75, 3.05) is 24.3 Å². The zero-order valence-corrected chi connectivity index (χ0v) is 13.6. The highest BCUT2D eigenvalue weighted by atomic mass is 32.2. The van der Waals surface area contributed by atoms with Crippen LogP contribution in [0.3, 0.4) is 0 Å². The molecule has 2 N–H and O–H groups in total. The van der Waals surface area contributed by atoms with E-state index in [0.29, 0.717) is 10.5 Å². The minimum absolute atomic E-state index is 0.205. The van der Waals surface area contributed by atoms with Crippen LogP contribution in [0.25, 0.3) is 0 Å². The van der Waals surface area contributed by atoms with Crippen molar-refractivity contribution in [1.82, 2.24) is 0 Å². The summed E-state index contributed by atoms with van der Waals surface area (Å²) in [6.45, 7) is 1.30. The van der Waals surface area contributed by atoms with Crippen molar-refractivity contribution in [2.24, 2.45) is 0 Å². The number of aryl methyl sites for hydroxylation is 1. The number of amidine groups is 1. The fourth-order valence-electron chi connectivity index (χ4n) is 1.89. The molecule has 8 heteroatoms. The molecular weight excluding hydrogens is 336 g/mol. The molecule has 0 aliphatic carbocycles. The topological polar surface area (TPSA) is 26.0 Å². The highest BCUT2D eigenvalue weighted by Crippen LogP contribution is 2.33. The van der Waals surface area contributed by atoms with Crippen LogP contribution < -0.4 is 10.3 Å². The van der Waals surface area contributed by atoms with E-state index in [1.807, 2.05) is 0 Å². The lowest BCUT2D eigenvalue weighted by Gasteiger charge is -2.15. The molecule has 0 saturated carbocycles. The maximum absolute atomic E-state index is 14.0. The normalized spacial score (nSPS) is 16.5. The largest absolute Gasteiger partial charge is 0.309 e. The molecule has 0 bridgehead atoms. The van der Waals surface area contributed by atoms with Gasteiger partial charge in [-0.15, -0.1) is 11.8 Å². The van der Waals surface area contributed by atoms with Gasteiger partial charge in [-0.25, -0.2) is 22.9 Å². The van der Waals surface area contributed by atoms with Gasteiger partial charge in [-0.3, -0.25) is 4.99 Å². The van der Waals surface area contributed by atoms with Crippen LogP contribution in [0.2, 0.25) is 0 Å². The Morgan fingerprint density at radius 1 is 1.41 bits per heavy atom. The van der Waals surface area contributed by atoms with Gasteiger partial charge in [-0.05, 0) is 36.7 Å².